The molecule has 3 heterocycles. The van der Waals surface area contributed by atoms with Crippen LogP contribution in [0.1, 0.15) is 77.3 Å². The molecule has 2 saturated carbocycles. The zero-order chi connectivity index (χ0) is 37.4. The van der Waals surface area contributed by atoms with E-state index in [2.05, 4.69) is 20.5 Å². The number of methoxy groups -OCH3 is 1. The van der Waals surface area contributed by atoms with Crippen LogP contribution < -0.4 is 24.8 Å². The van der Waals surface area contributed by atoms with Gasteiger partial charge in [0.15, 0.2) is 5.82 Å². The van der Waals surface area contributed by atoms with Crippen LogP contribution in [0.15, 0.2) is 42.6 Å². The van der Waals surface area contributed by atoms with Crippen molar-refractivity contribution in [3.63, 3.8) is 0 Å². The lowest BCUT2D eigenvalue weighted by Crippen LogP contribution is -2.58. The molecule has 1 aliphatic heterocycles. The first-order chi connectivity index (χ1) is 24.7. The van der Waals surface area contributed by atoms with Crippen LogP contribution in [-0.4, -0.2) is 89.6 Å². The van der Waals surface area contributed by atoms with Crippen LogP contribution in [0.2, 0.25) is 5.02 Å². The first kappa shape index (κ1) is 37.4. The van der Waals surface area contributed by atoms with Gasteiger partial charge in [-0.1, -0.05) is 37.6 Å². The second-order valence-electron chi connectivity index (χ2n) is 14.4. The van der Waals surface area contributed by atoms with Crippen LogP contribution in [0.4, 0.5) is 4.79 Å². The van der Waals surface area contributed by atoms with Gasteiger partial charge >= 0.3 is 6.03 Å². The van der Waals surface area contributed by atoms with Crippen molar-refractivity contribution in [2.24, 2.45) is 5.92 Å². The number of fused-ring (bicyclic) bond motifs is 2. The molecule has 2 aliphatic carbocycles. The molecule has 0 bridgehead atoms. The lowest BCUT2D eigenvalue weighted by Gasteiger charge is -2.26. The predicted octanol–water partition coefficient (Wildman–Crippen LogP) is 4.60. The van der Waals surface area contributed by atoms with Crippen molar-refractivity contribution in [2.45, 2.75) is 88.0 Å². The summed E-state index contributed by atoms with van der Waals surface area (Å²) in [5.74, 6) is -0.325. The van der Waals surface area contributed by atoms with E-state index in [4.69, 9.17) is 26.1 Å². The lowest BCUT2D eigenvalue weighted by molar-refractivity contribution is -0.130. The highest BCUT2D eigenvalue weighted by Crippen LogP contribution is 2.47. The van der Waals surface area contributed by atoms with E-state index >= 15 is 0 Å². The number of nitrogens with one attached hydrogen (secondary N) is 3. The van der Waals surface area contributed by atoms with Crippen LogP contribution in [0.3, 0.4) is 0 Å². The van der Waals surface area contributed by atoms with E-state index in [0.29, 0.717) is 47.6 Å². The van der Waals surface area contributed by atoms with Gasteiger partial charge in [0.25, 0.3) is 5.91 Å². The summed E-state index contributed by atoms with van der Waals surface area (Å²) in [4.78, 5) is 47.2. The number of hydrogen-bond donors (Lipinski definition) is 3. The third-order valence-corrected chi connectivity index (χ3v) is 12.7. The number of ether oxygens (including phenoxy) is 2. The van der Waals surface area contributed by atoms with Crippen molar-refractivity contribution in [1.82, 2.24) is 35.0 Å². The van der Waals surface area contributed by atoms with Crippen LogP contribution in [0.5, 0.6) is 11.5 Å². The minimum atomic E-state index is -3.95. The Kier molecular flexibility index (Phi) is 10.5. The molecule has 2 fully saturated rings. The van der Waals surface area contributed by atoms with Gasteiger partial charge in [-0.05, 0) is 69.6 Å². The summed E-state index contributed by atoms with van der Waals surface area (Å²) in [6.45, 7) is 6.13. The number of allylic oxidation sites excluding steroid dienone is 1. The normalized spacial score (nSPS) is 23.9. The number of pyridine rings is 1. The van der Waals surface area contributed by atoms with Gasteiger partial charge in [0.05, 0.1) is 29.7 Å². The Morgan fingerprint density at radius 2 is 1.94 bits per heavy atom. The Balaban J connectivity index is 1.27. The Bertz CT molecular complexity index is 2010. The van der Waals surface area contributed by atoms with E-state index in [0.717, 1.165) is 25.0 Å². The van der Waals surface area contributed by atoms with Crippen molar-refractivity contribution in [3.05, 3.63) is 53.3 Å². The van der Waals surface area contributed by atoms with Gasteiger partial charge in [0.2, 0.25) is 15.9 Å². The van der Waals surface area contributed by atoms with Gasteiger partial charge in [-0.25, -0.2) is 22.9 Å². The molecule has 14 nitrogen and oxygen atoms in total. The van der Waals surface area contributed by atoms with E-state index in [9.17, 15) is 22.8 Å². The minimum absolute atomic E-state index is 0.0162. The zero-order valence-electron chi connectivity index (χ0n) is 30.1. The van der Waals surface area contributed by atoms with E-state index < -0.39 is 50.1 Å². The second-order valence-corrected chi connectivity index (χ2v) is 17.0. The van der Waals surface area contributed by atoms with Gasteiger partial charge in [0, 0.05) is 43.6 Å². The van der Waals surface area contributed by atoms with Crippen LogP contribution in [-0.2, 0) is 19.6 Å². The molecule has 16 heteroatoms. The molecule has 0 saturated heterocycles. The molecule has 3 atom stereocenters. The van der Waals surface area contributed by atoms with Crippen LogP contribution in [0, 0.1) is 5.92 Å². The number of halogens is 1. The highest BCUT2D eigenvalue weighted by molar-refractivity contribution is 7.91. The van der Waals surface area contributed by atoms with Crippen molar-refractivity contribution < 1.29 is 32.3 Å². The SMILES string of the molecule is COc1ccc2c(OCC[C@@H]3NC(=O)N(C)CCCC/C=C\[C@@H]4C[C@@]4(C(=O)NS(=O)(=O)C4(C)CC4)NC3=O)cc(-n3ccc(C(C)C)n3)nc2c1Cl. The third kappa shape index (κ3) is 7.56. The molecule has 280 valence electrons. The topological polar surface area (TPSA) is 174 Å². The molecule has 52 heavy (non-hydrogen) atoms. The maximum absolute atomic E-state index is 14.0. The van der Waals surface area contributed by atoms with Gasteiger partial charge in [-0.2, -0.15) is 5.10 Å². The fourth-order valence-corrected chi connectivity index (χ4v) is 7.82. The molecule has 3 N–H and O–H groups in total. The Morgan fingerprint density at radius 3 is 2.63 bits per heavy atom. The van der Waals surface area contributed by atoms with E-state index in [1.807, 2.05) is 32.1 Å². The molecule has 0 spiro atoms. The first-order valence-corrected chi connectivity index (χ1v) is 19.5. The third-order valence-electron chi connectivity index (χ3n) is 10.2. The number of sulfonamides is 1. The molecule has 1 aromatic carbocycles. The maximum atomic E-state index is 14.0. The summed E-state index contributed by atoms with van der Waals surface area (Å²) in [6.07, 6.45) is 9.03. The Morgan fingerprint density at radius 1 is 1.17 bits per heavy atom. The maximum Gasteiger partial charge on any atom is 0.317 e. The molecule has 4 amide bonds. The molecular weight excluding hydrogens is 710 g/mol. The summed E-state index contributed by atoms with van der Waals surface area (Å²) in [5.41, 5.74) is -0.173. The van der Waals surface area contributed by atoms with Gasteiger partial charge in [-0.3, -0.25) is 14.3 Å². The number of nitrogens with zero attached hydrogens (tertiary/aromatic N) is 4. The number of hydrogen-bond acceptors (Lipinski definition) is 9. The fourth-order valence-electron chi connectivity index (χ4n) is 6.22. The number of rotatable bonds is 10. The van der Waals surface area contributed by atoms with Gasteiger partial charge in [-0.15, -0.1) is 0 Å². The first-order valence-electron chi connectivity index (χ1n) is 17.6. The lowest BCUT2D eigenvalue weighted by atomic mass is 10.1. The van der Waals surface area contributed by atoms with E-state index in [-0.39, 0.29) is 30.4 Å². The number of aromatic nitrogens is 3. The molecular formula is C36H46ClN7O7S. The average Bonchev–Trinajstić information content (AvgIpc) is 3.96. The smallest absolute Gasteiger partial charge is 0.317 e. The Labute approximate surface area is 308 Å². The fraction of sp³-hybridized carbons (Fsp3) is 0.528. The van der Waals surface area contributed by atoms with Crippen LogP contribution >= 0.6 is 11.6 Å². The second kappa shape index (κ2) is 14.6. The quantitative estimate of drug-likeness (QED) is 0.250. The highest BCUT2D eigenvalue weighted by atomic mass is 35.5. The summed E-state index contributed by atoms with van der Waals surface area (Å²) < 4.78 is 40.7. The van der Waals surface area contributed by atoms with Crippen molar-refractivity contribution in [1.29, 1.82) is 0 Å². The van der Waals surface area contributed by atoms with Gasteiger partial charge in [0.1, 0.15) is 28.1 Å². The molecule has 3 aromatic rings. The molecule has 6 rings (SSSR count). The van der Waals surface area contributed by atoms with Crippen molar-refractivity contribution >= 4 is 50.4 Å². The summed E-state index contributed by atoms with van der Waals surface area (Å²) >= 11 is 6.71. The average molecular weight is 756 g/mol. The van der Waals surface area contributed by atoms with Crippen molar-refractivity contribution in [3.8, 4) is 17.3 Å². The summed E-state index contributed by atoms with van der Waals surface area (Å²) in [5, 5.41) is 11.2. The van der Waals surface area contributed by atoms with Gasteiger partial charge < -0.3 is 25.0 Å². The zero-order valence-corrected chi connectivity index (χ0v) is 31.6. The monoisotopic (exact) mass is 755 g/mol. The Hall–Kier alpha value is -4.37. The predicted molar refractivity (Wildman–Crippen MR) is 196 cm³/mol. The molecule has 3 aliphatic rings. The standard InChI is InChI=1S/C36H46ClN7O7S/c1-22(2)25-13-18-44(41-25)29-20-28(24-11-12-27(50-5)30(37)31(24)39-29)51-19-14-26-32(45)40-36(33(46)42-52(48,49)35(3)15-16-35)21-23(36)10-8-6-7-9-17-43(4)34(47)38-26/h8,10-13,18,20,22-23,26H,6-7,9,14-17,19,21H2,1-5H3,(H,38,47)(H,40,45)(H,42,46)/b10-8-/t23-,26+,36-/m1/s1. The number of carbonyl (C=O) groups excluding carboxylic acids is 3. The number of benzene rings is 1. The highest BCUT2D eigenvalue weighted by Gasteiger charge is 2.62. The van der Waals surface area contributed by atoms with E-state index in [1.54, 1.807) is 43.0 Å². The van der Waals surface area contributed by atoms with Crippen LogP contribution in [0.25, 0.3) is 16.7 Å². The number of carbonyl (C=O) groups is 3. The molecule has 0 unspecified atom stereocenters. The van der Waals surface area contributed by atoms with Crippen molar-refractivity contribution in [2.75, 3.05) is 27.3 Å². The summed E-state index contributed by atoms with van der Waals surface area (Å²) in [7, 11) is -0.785. The largest absolute Gasteiger partial charge is 0.495 e. The summed E-state index contributed by atoms with van der Waals surface area (Å²) in [6, 6.07) is 5.53. The number of amides is 4. The molecule has 2 aromatic heterocycles. The van der Waals surface area contributed by atoms with E-state index in [1.165, 1.54) is 12.0 Å². The minimum Gasteiger partial charge on any atom is -0.495 e. The molecule has 0 radical (unpaired) electrons. The number of urea groups is 1.